The number of carbonyl (C=O) groups excluding carboxylic acids is 1. The largest absolute Gasteiger partial charge is 0.487 e. The third-order valence-electron chi connectivity index (χ3n) is 5.22. The van der Waals surface area contributed by atoms with Gasteiger partial charge < -0.3 is 14.6 Å². The number of nitrogens with zero attached hydrogens (tertiary/aromatic N) is 2. The van der Waals surface area contributed by atoms with Gasteiger partial charge in [0.05, 0.1) is 22.8 Å². The maximum atomic E-state index is 13.0. The van der Waals surface area contributed by atoms with Crippen LogP contribution in [0.15, 0.2) is 83.8 Å². The fourth-order valence-electron chi connectivity index (χ4n) is 3.47. The van der Waals surface area contributed by atoms with Crippen molar-refractivity contribution in [1.29, 1.82) is 0 Å². The van der Waals surface area contributed by atoms with Crippen molar-refractivity contribution in [2.75, 3.05) is 0 Å². The SMILES string of the molecule is CC(NC(=O)c1cc(=O)n(C)c2ccccc12)c1cccc(OCc2ccccn2)c1. The number of amides is 1. The molecule has 0 aliphatic rings. The van der Waals surface area contributed by atoms with Gasteiger partial charge in [-0.15, -0.1) is 0 Å². The zero-order valence-electron chi connectivity index (χ0n) is 17.4. The van der Waals surface area contributed by atoms with Crippen LogP contribution >= 0.6 is 0 Å². The van der Waals surface area contributed by atoms with E-state index in [2.05, 4.69) is 10.3 Å². The predicted molar refractivity (Wildman–Crippen MR) is 120 cm³/mol. The average molecular weight is 413 g/mol. The Bertz CT molecular complexity index is 1280. The van der Waals surface area contributed by atoms with E-state index in [0.717, 1.165) is 22.2 Å². The normalized spacial score (nSPS) is 11.8. The molecule has 0 aliphatic heterocycles. The lowest BCUT2D eigenvalue weighted by Gasteiger charge is -2.17. The molecule has 31 heavy (non-hydrogen) atoms. The molecule has 1 amide bonds. The number of hydrogen-bond acceptors (Lipinski definition) is 4. The third-order valence-corrected chi connectivity index (χ3v) is 5.22. The lowest BCUT2D eigenvalue weighted by atomic mass is 10.1. The summed E-state index contributed by atoms with van der Waals surface area (Å²) in [4.78, 5) is 29.6. The first-order valence-corrected chi connectivity index (χ1v) is 10.1. The molecular formula is C25H23N3O3. The Morgan fingerprint density at radius 1 is 1.06 bits per heavy atom. The molecule has 1 atom stereocenters. The van der Waals surface area contributed by atoms with E-state index in [1.165, 1.54) is 10.6 Å². The second-order valence-corrected chi connectivity index (χ2v) is 7.35. The van der Waals surface area contributed by atoms with E-state index in [9.17, 15) is 9.59 Å². The van der Waals surface area contributed by atoms with E-state index in [1.54, 1.807) is 13.2 Å². The Hall–Kier alpha value is -3.93. The molecule has 0 bridgehead atoms. The molecule has 6 nitrogen and oxygen atoms in total. The van der Waals surface area contributed by atoms with Gasteiger partial charge in [-0.2, -0.15) is 0 Å². The van der Waals surface area contributed by atoms with E-state index in [0.29, 0.717) is 17.9 Å². The number of aryl methyl sites for hydroxylation is 1. The van der Waals surface area contributed by atoms with Gasteiger partial charge in [0.15, 0.2) is 0 Å². The molecule has 0 fully saturated rings. The Morgan fingerprint density at radius 2 is 1.87 bits per heavy atom. The van der Waals surface area contributed by atoms with Crippen LogP contribution in [0, 0.1) is 0 Å². The second-order valence-electron chi connectivity index (χ2n) is 7.35. The van der Waals surface area contributed by atoms with Crippen LogP contribution in [0.3, 0.4) is 0 Å². The van der Waals surface area contributed by atoms with Gasteiger partial charge in [-0.05, 0) is 42.8 Å². The number of carbonyl (C=O) groups is 1. The minimum Gasteiger partial charge on any atom is -0.487 e. The number of rotatable bonds is 6. The van der Waals surface area contributed by atoms with Crippen molar-refractivity contribution in [3.8, 4) is 5.75 Å². The molecule has 2 aromatic heterocycles. The predicted octanol–water partition coefficient (Wildman–Crippen LogP) is 4.00. The maximum Gasteiger partial charge on any atom is 0.252 e. The third kappa shape index (κ3) is 4.48. The van der Waals surface area contributed by atoms with Gasteiger partial charge >= 0.3 is 0 Å². The Morgan fingerprint density at radius 3 is 2.68 bits per heavy atom. The van der Waals surface area contributed by atoms with Gasteiger partial charge in [-0.3, -0.25) is 14.6 Å². The summed E-state index contributed by atoms with van der Waals surface area (Å²) >= 11 is 0. The number of fused-ring (bicyclic) bond motifs is 1. The first kappa shape index (κ1) is 20.3. The van der Waals surface area contributed by atoms with E-state index in [-0.39, 0.29) is 17.5 Å². The van der Waals surface area contributed by atoms with Crippen molar-refractivity contribution in [1.82, 2.24) is 14.9 Å². The van der Waals surface area contributed by atoms with Gasteiger partial charge in [0, 0.05) is 24.7 Å². The van der Waals surface area contributed by atoms with Crippen molar-refractivity contribution < 1.29 is 9.53 Å². The van der Waals surface area contributed by atoms with Crippen LogP contribution in [0.2, 0.25) is 0 Å². The number of benzene rings is 2. The molecule has 0 spiro atoms. The summed E-state index contributed by atoms with van der Waals surface area (Å²) in [6.07, 6.45) is 1.73. The van der Waals surface area contributed by atoms with Crippen LogP contribution in [-0.4, -0.2) is 15.5 Å². The minimum atomic E-state index is -0.291. The quantitative estimate of drug-likeness (QED) is 0.519. The fraction of sp³-hybridized carbons (Fsp3) is 0.160. The minimum absolute atomic E-state index is 0.221. The fourth-order valence-corrected chi connectivity index (χ4v) is 3.47. The van der Waals surface area contributed by atoms with Crippen LogP contribution in [0.5, 0.6) is 5.75 Å². The highest BCUT2D eigenvalue weighted by Crippen LogP contribution is 2.22. The van der Waals surface area contributed by atoms with Gasteiger partial charge in [-0.1, -0.05) is 36.4 Å². The molecule has 4 aromatic rings. The van der Waals surface area contributed by atoms with Crippen molar-refractivity contribution in [2.45, 2.75) is 19.6 Å². The molecule has 156 valence electrons. The van der Waals surface area contributed by atoms with Crippen LogP contribution in [0.25, 0.3) is 10.9 Å². The highest BCUT2D eigenvalue weighted by Gasteiger charge is 2.16. The molecule has 2 aromatic carbocycles. The molecule has 4 rings (SSSR count). The first-order chi connectivity index (χ1) is 15.0. The Labute approximate surface area is 180 Å². The number of para-hydroxylation sites is 1. The summed E-state index contributed by atoms with van der Waals surface area (Å²) in [7, 11) is 1.70. The molecular weight excluding hydrogens is 390 g/mol. The molecule has 1 N–H and O–H groups in total. The van der Waals surface area contributed by atoms with E-state index in [1.807, 2.05) is 73.7 Å². The summed E-state index contributed by atoms with van der Waals surface area (Å²) in [6, 6.07) is 21.8. The molecule has 6 heteroatoms. The van der Waals surface area contributed by atoms with E-state index >= 15 is 0 Å². The number of ether oxygens (including phenoxy) is 1. The van der Waals surface area contributed by atoms with Crippen molar-refractivity contribution in [3.05, 3.63) is 106 Å². The summed E-state index contributed by atoms with van der Waals surface area (Å²) in [5.41, 5.74) is 2.61. The molecule has 0 radical (unpaired) electrons. The first-order valence-electron chi connectivity index (χ1n) is 10.1. The number of nitrogens with one attached hydrogen (secondary N) is 1. The molecule has 0 saturated heterocycles. The van der Waals surface area contributed by atoms with Gasteiger partial charge in [-0.25, -0.2) is 0 Å². The number of pyridine rings is 2. The lowest BCUT2D eigenvalue weighted by molar-refractivity contribution is 0.0941. The van der Waals surface area contributed by atoms with E-state index < -0.39 is 0 Å². The maximum absolute atomic E-state index is 13.0. The Kier molecular flexibility index (Phi) is 5.80. The van der Waals surface area contributed by atoms with Gasteiger partial charge in [0.2, 0.25) is 0 Å². The summed E-state index contributed by atoms with van der Waals surface area (Å²) in [5, 5.41) is 3.74. The highest BCUT2D eigenvalue weighted by molar-refractivity contribution is 6.06. The van der Waals surface area contributed by atoms with Crippen LogP contribution < -0.4 is 15.6 Å². The standard InChI is InChI=1S/C25H23N3O3/c1-17(18-8-7-10-20(14-18)31-16-19-9-5-6-13-26-19)27-25(30)22-15-24(29)28(2)23-12-4-3-11-21(22)23/h3-15,17H,16H2,1-2H3,(H,27,30). The summed E-state index contributed by atoms with van der Waals surface area (Å²) < 4.78 is 7.38. The summed E-state index contributed by atoms with van der Waals surface area (Å²) in [5.74, 6) is 0.407. The van der Waals surface area contributed by atoms with Gasteiger partial charge in [0.1, 0.15) is 12.4 Å². The zero-order chi connectivity index (χ0) is 21.8. The van der Waals surface area contributed by atoms with Crippen molar-refractivity contribution in [2.24, 2.45) is 7.05 Å². The van der Waals surface area contributed by atoms with Crippen LogP contribution in [0.1, 0.15) is 34.6 Å². The van der Waals surface area contributed by atoms with Crippen molar-refractivity contribution in [3.63, 3.8) is 0 Å². The van der Waals surface area contributed by atoms with Crippen molar-refractivity contribution >= 4 is 16.8 Å². The molecule has 0 aliphatic carbocycles. The monoisotopic (exact) mass is 413 g/mol. The Balaban J connectivity index is 1.52. The van der Waals surface area contributed by atoms with E-state index in [4.69, 9.17) is 4.74 Å². The van der Waals surface area contributed by atoms with Crippen LogP contribution in [0.4, 0.5) is 0 Å². The van der Waals surface area contributed by atoms with Gasteiger partial charge in [0.25, 0.3) is 11.5 Å². The number of hydrogen-bond donors (Lipinski definition) is 1. The average Bonchev–Trinajstić information content (AvgIpc) is 2.81. The molecule has 2 heterocycles. The zero-order valence-corrected chi connectivity index (χ0v) is 17.4. The topological polar surface area (TPSA) is 73.2 Å². The number of aromatic nitrogens is 2. The molecule has 1 unspecified atom stereocenters. The lowest BCUT2D eigenvalue weighted by Crippen LogP contribution is -2.29. The smallest absolute Gasteiger partial charge is 0.252 e. The second kappa shape index (κ2) is 8.83. The highest BCUT2D eigenvalue weighted by atomic mass is 16.5. The summed E-state index contributed by atoms with van der Waals surface area (Å²) in [6.45, 7) is 2.27. The van der Waals surface area contributed by atoms with Crippen LogP contribution in [-0.2, 0) is 13.7 Å². The molecule has 0 saturated carbocycles.